The van der Waals surface area contributed by atoms with Crippen LogP contribution in [0.15, 0.2) is 30.3 Å². The number of amides is 9. The predicted octanol–water partition coefficient (Wildman–Crippen LogP) is -0.659. The number of primary amides is 1. The smallest absolute Gasteiger partial charge is 0.326 e. The number of carbonyl (C=O) groups is 11. The molecule has 0 aliphatic carbocycles. The maximum absolute atomic E-state index is 14.0. The number of hydrogen-bond donors (Lipinski definition) is 12. The molecular formula is C48H78N10O13. The van der Waals surface area contributed by atoms with Crippen molar-refractivity contribution in [2.75, 3.05) is 6.54 Å². The van der Waals surface area contributed by atoms with Crippen molar-refractivity contribution in [3.8, 4) is 0 Å². The van der Waals surface area contributed by atoms with E-state index in [1.54, 1.807) is 85.7 Å². The molecule has 1 aromatic carbocycles. The number of benzene rings is 1. The predicted molar refractivity (Wildman–Crippen MR) is 261 cm³/mol. The van der Waals surface area contributed by atoms with Gasteiger partial charge in [0.25, 0.3) is 0 Å². The zero-order valence-electron chi connectivity index (χ0n) is 42.6. The molecule has 0 aliphatic rings. The van der Waals surface area contributed by atoms with Crippen molar-refractivity contribution in [3.63, 3.8) is 0 Å². The highest BCUT2D eigenvalue weighted by atomic mass is 16.4. The molecule has 398 valence electrons. The van der Waals surface area contributed by atoms with Gasteiger partial charge < -0.3 is 64.2 Å². The van der Waals surface area contributed by atoms with Crippen LogP contribution in [0, 0.1) is 29.6 Å². The Bertz CT molecular complexity index is 2000. The molecule has 1 rings (SSSR count). The summed E-state index contributed by atoms with van der Waals surface area (Å²) in [7, 11) is 0. The molecule has 0 unspecified atom stereocenters. The first-order chi connectivity index (χ1) is 33.1. The SMILES string of the molecule is CC[C@H](C)[C@H](NC(=O)CNC(=O)[C@H](Cc1ccccc1)NC(=O)[C@@H](NC(=O)[C@H](CC(C)C)NC(=O)[C@@H](N)CCC(N)=O)C(C)C)C(=O)N[C@@H](CCC(=O)O)C(=O)N[C@H](C(=O)N[C@H](C(=O)O)C(C)C)C(C)C. The van der Waals surface area contributed by atoms with E-state index in [2.05, 4.69) is 42.5 Å². The lowest BCUT2D eigenvalue weighted by Crippen LogP contribution is -2.60. The molecule has 1 aromatic rings. The van der Waals surface area contributed by atoms with E-state index in [9.17, 15) is 63.0 Å². The van der Waals surface area contributed by atoms with Crippen molar-refractivity contribution >= 4 is 65.1 Å². The molecule has 0 fully saturated rings. The minimum Gasteiger partial charge on any atom is -0.481 e. The van der Waals surface area contributed by atoms with E-state index in [1.165, 1.54) is 0 Å². The Labute approximate surface area is 415 Å². The van der Waals surface area contributed by atoms with Gasteiger partial charge in [-0.1, -0.05) is 106 Å². The van der Waals surface area contributed by atoms with Crippen LogP contribution >= 0.6 is 0 Å². The second kappa shape index (κ2) is 30.8. The third-order valence-electron chi connectivity index (χ3n) is 11.5. The van der Waals surface area contributed by atoms with Gasteiger partial charge in [0.05, 0.1) is 12.6 Å². The molecule has 0 saturated carbocycles. The summed E-state index contributed by atoms with van der Waals surface area (Å²) in [6.07, 6.45) is -0.734. The first-order valence-corrected chi connectivity index (χ1v) is 24.0. The highest BCUT2D eigenvalue weighted by Crippen LogP contribution is 2.14. The zero-order valence-corrected chi connectivity index (χ0v) is 42.6. The fourth-order valence-corrected chi connectivity index (χ4v) is 7.08. The van der Waals surface area contributed by atoms with Crippen LogP contribution in [0.2, 0.25) is 0 Å². The summed E-state index contributed by atoms with van der Waals surface area (Å²) in [4.78, 5) is 143. The molecule has 0 aliphatic heterocycles. The molecule has 23 nitrogen and oxygen atoms in total. The van der Waals surface area contributed by atoms with Gasteiger partial charge in [0.1, 0.15) is 42.3 Å². The largest absolute Gasteiger partial charge is 0.481 e. The molecule has 0 radical (unpaired) electrons. The Kier molecular flexibility index (Phi) is 27.1. The maximum Gasteiger partial charge on any atom is 0.326 e. The van der Waals surface area contributed by atoms with E-state index in [4.69, 9.17) is 11.5 Å². The lowest BCUT2D eigenvalue weighted by atomic mass is 9.97. The van der Waals surface area contributed by atoms with Crippen LogP contribution in [-0.4, -0.2) is 130 Å². The number of aliphatic carboxylic acids is 2. The second-order valence-corrected chi connectivity index (χ2v) is 19.2. The summed E-state index contributed by atoms with van der Waals surface area (Å²) in [5.74, 6) is -11.9. The number of carboxylic acids is 2. The van der Waals surface area contributed by atoms with Crippen LogP contribution < -0.4 is 54.0 Å². The number of rotatable bonds is 32. The van der Waals surface area contributed by atoms with Gasteiger partial charge in [0, 0.05) is 19.3 Å². The van der Waals surface area contributed by atoms with E-state index in [0.717, 1.165) is 0 Å². The summed E-state index contributed by atoms with van der Waals surface area (Å²) in [5, 5.41) is 39.5. The van der Waals surface area contributed by atoms with Crippen molar-refractivity contribution in [2.24, 2.45) is 41.1 Å². The third-order valence-corrected chi connectivity index (χ3v) is 11.5. The summed E-state index contributed by atoms with van der Waals surface area (Å²) in [6, 6.07) is -1.53. The van der Waals surface area contributed by atoms with Crippen LogP contribution in [0.5, 0.6) is 0 Å². The number of carboxylic acid groups (broad SMARTS) is 2. The van der Waals surface area contributed by atoms with Crippen molar-refractivity contribution in [3.05, 3.63) is 35.9 Å². The topological polar surface area (TPSA) is 377 Å². The van der Waals surface area contributed by atoms with Crippen LogP contribution in [-0.2, 0) is 59.2 Å². The Morgan fingerprint density at radius 2 is 1.01 bits per heavy atom. The van der Waals surface area contributed by atoms with Gasteiger partial charge in [-0.15, -0.1) is 0 Å². The monoisotopic (exact) mass is 1000 g/mol. The third kappa shape index (κ3) is 22.8. The molecule has 0 saturated heterocycles. The molecule has 0 aromatic heterocycles. The highest BCUT2D eigenvalue weighted by Gasteiger charge is 2.36. The second-order valence-electron chi connectivity index (χ2n) is 19.2. The first-order valence-electron chi connectivity index (χ1n) is 24.0. The highest BCUT2D eigenvalue weighted by molar-refractivity contribution is 5.98. The Hall–Kier alpha value is -6.65. The minimum absolute atomic E-state index is 0.0481. The molecule has 14 N–H and O–H groups in total. The van der Waals surface area contributed by atoms with Gasteiger partial charge in [-0.3, -0.25) is 47.9 Å². The van der Waals surface area contributed by atoms with Crippen LogP contribution in [0.25, 0.3) is 0 Å². The lowest BCUT2D eigenvalue weighted by Gasteiger charge is -2.29. The van der Waals surface area contributed by atoms with Gasteiger partial charge >= 0.3 is 11.9 Å². The minimum atomic E-state index is -1.52. The van der Waals surface area contributed by atoms with Gasteiger partial charge in [0.2, 0.25) is 53.2 Å². The van der Waals surface area contributed by atoms with Crippen LogP contribution in [0.3, 0.4) is 0 Å². The fraction of sp³-hybridized carbons (Fsp3) is 0.646. The van der Waals surface area contributed by atoms with E-state index in [1.807, 2.05) is 13.8 Å². The Balaban J connectivity index is 3.32. The number of nitrogens with two attached hydrogens (primary N) is 2. The van der Waals surface area contributed by atoms with Gasteiger partial charge in [0.15, 0.2) is 0 Å². The number of hydrogen-bond acceptors (Lipinski definition) is 12. The number of carbonyl (C=O) groups excluding carboxylic acids is 9. The van der Waals surface area contributed by atoms with Crippen molar-refractivity contribution < 1.29 is 63.0 Å². The molecule has 9 amide bonds. The van der Waals surface area contributed by atoms with E-state index < -0.39 is 156 Å². The fourth-order valence-electron chi connectivity index (χ4n) is 7.08. The van der Waals surface area contributed by atoms with E-state index in [0.29, 0.717) is 12.0 Å². The van der Waals surface area contributed by atoms with Crippen molar-refractivity contribution in [2.45, 2.75) is 163 Å². The van der Waals surface area contributed by atoms with Crippen molar-refractivity contribution in [1.82, 2.24) is 42.5 Å². The molecule has 0 heterocycles. The average molecular weight is 1000 g/mol. The molecule has 0 spiro atoms. The molecule has 9 atom stereocenters. The quantitative estimate of drug-likeness (QED) is 0.0427. The van der Waals surface area contributed by atoms with Gasteiger partial charge in [-0.25, -0.2) is 4.79 Å². The molecule has 23 heteroatoms. The summed E-state index contributed by atoms with van der Waals surface area (Å²) in [5.41, 5.74) is 11.8. The summed E-state index contributed by atoms with van der Waals surface area (Å²) in [6.45, 7) is 16.0. The van der Waals surface area contributed by atoms with E-state index >= 15 is 0 Å². The summed E-state index contributed by atoms with van der Waals surface area (Å²) >= 11 is 0. The number of nitrogens with one attached hydrogen (secondary N) is 8. The van der Waals surface area contributed by atoms with Crippen LogP contribution in [0.4, 0.5) is 0 Å². The van der Waals surface area contributed by atoms with E-state index in [-0.39, 0.29) is 31.6 Å². The van der Waals surface area contributed by atoms with Crippen molar-refractivity contribution in [1.29, 1.82) is 0 Å². The maximum atomic E-state index is 14.0. The molecular weight excluding hydrogens is 925 g/mol. The average Bonchev–Trinajstić information content (AvgIpc) is 3.28. The molecule has 0 bridgehead atoms. The Morgan fingerprint density at radius 1 is 0.535 bits per heavy atom. The normalized spacial score (nSPS) is 15.1. The van der Waals surface area contributed by atoms with Crippen LogP contribution in [0.1, 0.15) is 113 Å². The first kappa shape index (κ1) is 62.4. The van der Waals surface area contributed by atoms with Gasteiger partial charge in [-0.2, -0.15) is 0 Å². The molecule has 71 heavy (non-hydrogen) atoms. The standard InChI is InChI=1S/C48H78N10O13/c1-11-28(10)40(47(69)52-31(18-20-36(61)62)43(65)56-38(26(6)7)46(68)58-39(27(8)9)48(70)71)55-35(60)23-51-42(64)33(22-29-15-13-12-14-16-29)54-45(67)37(25(4)5)57-44(66)32(21-24(2)3)53-41(63)30(49)17-19-34(50)59/h12-16,24-28,30-33,37-40H,11,17-23,49H2,1-10H3,(H2,50,59)(H,51,64)(H,52,69)(H,53,63)(H,54,67)(H,55,60)(H,56,65)(H,57,66)(H,58,68)(H,61,62)(H,70,71)/t28-,30-,31-,32-,33-,37-,38-,39-,40-/m0/s1. The summed E-state index contributed by atoms with van der Waals surface area (Å²) < 4.78 is 0. The Morgan fingerprint density at radius 3 is 1.49 bits per heavy atom. The zero-order chi connectivity index (χ0) is 54.3. The lowest BCUT2D eigenvalue weighted by molar-refractivity contribution is -0.144. The van der Waals surface area contributed by atoms with Gasteiger partial charge in [-0.05, 0) is 54.4 Å².